The summed E-state index contributed by atoms with van der Waals surface area (Å²) in [5.74, 6) is 0.0509. The van der Waals surface area contributed by atoms with Crippen LogP contribution < -0.4 is 5.73 Å². The maximum Gasteiger partial charge on any atom is 0.224 e. The monoisotopic (exact) mass is 244 g/mol. The molecule has 3 N–H and O–H groups in total. The number of aliphatic hydroxyl groups excluding tert-OH is 1. The summed E-state index contributed by atoms with van der Waals surface area (Å²) in [4.78, 5) is 13.7. The summed E-state index contributed by atoms with van der Waals surface area (Å²) >= 11 is 0. The van der Waals surface area contributed by atoms with E-state index in [0.717, 1.165) is 12.8 Å². The first-order valence-electron chi connectivity index (χ1n) is 6.47. The molecule has 0 aromatic carbocycles. The Balaban J connectivity index is 4.31. The van der Waals surface area contributed by atoms with Crippen LogP contribution in [0.1, 0.15) is 47.0 Å². The lowest BCUT2D eigenvalue weighted by Gasteiger charge is -2.29. The van der Waals surface area contributed by atoms with Crippen LogP contribution in [0.15, 0.2) is 0 Å². The van der Waals surface area contributed by atoms with Crippen molar-refractivity contribution in [1.29, 1.82) is 0 Å². The van der Waals surface area contributed by atoms with Gasteiger partial charge >= 0.3 is 0 Å². The molecule has 4 heteroatoms. The van der Waals surface area contributed by atoms with Crippen molar-refractivity contribution >= 4 is 5.91 Å². The van der Waals surface area contributed by atoms with Gasteiger partial charge in [0.05, 0.1) is 6.61 Å². The third-order valence-electron chi connectivity index (χ3n) is 3.01. The van der Waals surface area contributed by atoms with Crippen molar-refractivity contribution < 1.29 is 9.90 Å². The molecule has 0 aliphatic rings. The third kappa shape index (κ3) is 6.64. The highest BCUT2D eigenvalue weighted by atomic mass is 16.3. The van der Waals surface area contributed by atoms with E-state index in [1.54, 1.807) is 4.90 Å². The molecule has 0 radical (unpaired) electrons. The fourth-order valence-electron chi connectivity index (χ4n) is 1.45. The molecule has 17 heavy (non-hydrogen) atoms. The first-order chi connectivity index (χ1) is 7.82. The third-order valence-corrected chi connectivity index (χ3v) is 3.01. The molecule has 0 aliphatic heterocycles. The average molecular weight is 244 g/mol. The quantitative estimate of drug-likeness (QED) is 0.711. The number of aliphatic hydroxyl groups is 1. The molecule has 0 bridgehead atoms. The number of carbonyl (C=O) groups is 1. The number of unbranched alkanes of at least 4 members (excludes halogenated alkanes) is 1. The second-order valence-corrected chi connectivity index (χ2v) is 5.63. The number of rotatable bonds is 7. The summed E-state index contributed by atoms with van der Waals surface area (Å²) in [5.41, 5.74) is 5.94. The first-order valence-corrected chi connectivity index (χ1v) is 6.47. The van der Waals surface area contributed by atoms with E-state index in [2.05, 4.69) is 6.92 Å². The Morgan fingerprint density at radius 1 is 1.35 bits per heavy atom. The van der Waals surface area contributed by atoms with E-state index in [1.807, 2.05) is 20.8 Å². The van der Waals surface area contributed by atoms with Crippen LogP contribution in [-0.4, -0.2) is 41.7 Å². The molecule has 0 aliphatic carbocycles. The minimum Gasteiger partial charge on any atom is -0.395 e. The molecule has 0 rings (SSSR count). The van der Waals surface area contributed by atoms with Crippen LogP contribution in [0.2, 0.25) is 0 Å². The summed E-state index contributed by atoms with van der Waals surface area (Å²) in [6.07, 6.45) is 2.37. The molecule has 0 heterocycles. The van der Waals surface area contributed by atoms with Gasteiger partial charge in [0.15, 0.2) is 0 Å². The fourth-order valence-corrected chi connectivity index (χ4v) is 1.45. The Bertz CT molecular complexity index is 224. The number of amides is 1. The molecule has 4 nitrogen and oxygen atoms in total. The summed E-state index contributed by atoms with van der Waals surface area (Å²) < 4.78 is 0. The number of nitrogens with zero attached hydrogens (tertiary/aromatic N) is 1. The van der Waals surface area contributed by atoms with E-state index in [0.29, 0.717) is 19.5 Å². The van der Waals surface area contributed by atoms with E-state index in [-0.39, 0.29) is 24.0 Å². The second-order valence-electron chi connectivity index (χ2n) is 5.63. The smallest absolute Gasteiger partial charge is 0.224 e. The van der Waals surface area contributed by atoms with Crippen molar-refractivity contribution in [3.8, 4) is 0 Å². The van der Waals surface area contributed by atoms with Crippen LogP contribution in [0, 0.1) is 5.41 Å². The highest BCUT2D eigenvalue weighted by Crippen LogP contribution is 2.20. The molecular weight excluding hydrogens is 216 g/mol. The first kappa shape index (κ1) is 16.4. The van der Waals surface area contributed by atoms with Gasteiger partial charge in [-0.1, -0.05) is 34.1 Å². The number of nitrogens with two attached hydrogens (primary N) is 1. The van der Waals surface area contributed by atoms with Crippen molar-refractivity contribution in [2.24, 2.45) is 11.1 Å². The van der Waals surface area contributed by atoms with E-state index >= 15 is 0 Å². The number of carbonyl (C=O) groups excluding carboxylic acids is 1. The summed E-state index contributed by atoms with van der Waals surface area (Å²) in [5, 5.41) is 8.95. The van der Waals surface area contributed by atoms with Crippen molar-refractivity contribution in [3.63, 3.8) is 0 Å². The SMILES string of the molecule is CCCCN(CCO)C(=O)CC(N)C(C)(C)C. The van der Waals surface area contributed by atoms with Crippen molar-refractivity contribution in [2.75, 3.05) is 19.7 Å². The average Bonchev–Trinajstić information content (AvgIpc) is 2.22. The Kier molecular flexibility index (Phi) is 7.39. The fraction of sp³-hybridized carbons (Fsp3) is 0.923. The van der Waals surface area contributed by atoms with E-state index in [1.165, 1.54) is 0 Å². The predicted molar refractivity (Wildman–Crippen MR) is 70.6 cm³/mol. The van der Waals surface area contributed by atoms with Crippen molar-refractivity contribution in [3.05, 3.63) is 0 Å². The summed E-state index contributed by atoms with van der Waals surface area (Å²) in [6, 6.07) is -0.141. The van der Waals surface area contributed by atoms with E-state index < -0.39 is 0 Å². The molecule has 0 saturated carbocycles. The molecule has 0 aromatic heterocycles. The van der Waals surface area contributed by atoms with Crippen LogP contribution in [0.5, 0.6) is 0 Å². The van der Waals surface area contributed by atoms with Gasteiger partial charge in [0.1, 0.15) is 0 Å². The minimum absolute atomic E-state index is 0.0141. The molecule has 0 saturated heterocycles. The molecule has 0 aromatic rings. The Labute approximate surface area is 105 Å². The zero-order valence-corrected chi connectivity index (χ0v) is 11.7. The second kappa shape index (κ2) is 7.67. The van der Waals surface area contributed by atoms with Gasteiger partial charge in [0, 0.05) is 25.6 Å². The molecule has 102 valence electrons. The standard InChI is InChI=1S/C13H28N2O2/c1-5-6-7-15(8-9-16)12(17)10-11(14)13(2,3)4/h11,16H,5-10,14H2,1-4H3. The van der Waals surface area contributed by atoms with Crippen molar-refractivity contribution in [1.82, 2.24) is 4.90 Å². The van der Waals surface area contributed by atoms with Gasteiger partial charge in [-0.2, -0.15) is 0 Å². The Hall–Kier alpha value is -0.610. The predicted octanol–water partition coefficient (Wildman–Crippen LogP) is 1.37. The molecule has 1 atom stereocenters. The highest BCUT2D eigenvalue weighted by Gasteiger charge is 2.25. The van der Waals surface area contributed by atoms with Crippen LogP contribution >= 0.6 is 0 Å². The lowest BCUT2D eigenvalue weighted by molar-refractivity contribution is -0.132. The van der Waals surface area contributed by atoms with Gasteiger partial charge in [-0.25, -0.2) is 0 Å². The van der Waals surface area contributed by atoms with Gasteiger partial charge in [-0.15, -0.1) is 0 Å². The van der Waals surface area contributed by atoms with Gasteiger partial charge in [0.2, 0.25) is 5.91 Å². The highest BCUT2D eigenvalue weighted by molar-refractivity contribution is 5.76. The number of hydrogen-bond acceptors (Lipinski definition) is 3. The van der Waals surface area contributed by atoms with Gasteiger partial charge in [0.25, 0.3) is 0 Å². The van der Waals surface area contributed by atoms with Crippen LogP contribution in [0.3, 0.4) is 0 Å². The topological polar surface area (TPSA) is 66.6 Å². The van der Waals surface area contributed by atoms with Gasteiger partial charge in [-0.05, 0) is 11.8 Å². The normalized spacial score (nSPS) is 13.5. The maximum absolute atomic E-state index is 12.0. The summed E-state index contributed by atoms with van der Waals surface area (Å²) in [7, 11) is 0. The largest absolute Gasteiger partial charge is 0.395 e. The van der Waals surface area contributed by atoms with E-state index in [4.69, 9.17) is 10.8 Å². The molecular formula is C13H28N2O2. The van der Waals surface area contributed by atoms with Crippen LogP contribution in [-0.2, 0) is 4.79 Å². The zero-order valence-electron chi connectivity index (χ0n) is 11.7. The molecule has 1 unspecified atom stereocenters. The van der Waals surface area contributed by atoms with Gasteiger partial charge in [-0.3, -0.25) is 4.79 Å². The zero-order chi connectivity index (χ0) is 13.5. The molecule has 0 fully saturated rings. The van der Waals surface area contributed by atoms with Crippen LogP contribution in [0.25, 0.3) is 0 Å². The maximum atomic E-state index is 12.0. The number of hydrogen-bond donors (Lipinski definition) is 2. The lowest BCUT2D eigenvalue weighted by atomic mass is 9.85. The van der Waals surface area contributed by atoms with Gasteiger partial charge < -0.3 is 15.7 Å². The molecule has 1 amide bonds. The van der Waals surface area contributed by atoms with E-state index in [9.17, 15) is 4.79 Å². The summed E-state index contributed by atoms with van der Waals surface area (Å²) in [6.45, 7) is 9.33. The Morgan fingerprint density at radius 2 is 1.94 bits per heavy atom. The molecule has 0 spiro atoms. The lowest BCUT2D eigenvalue weighted by Crippen LogP contribution is -2.42. The van der Waals surface area contributed by atoms with Crippen molar-refractivity contribution in [2.45, 2.75) is 53.0 Å². The Morgan fingerprint density at radius 3 is 2.35 bits per heavy atom. The van der Waals surface area contributed by atoms with Crippen LogP contribution in [0.4, 0.5) is 0 Å². The minimum atomic E-state index is -0.141.